The van der Waals surface area contributed by atoms with Crippen LogP contribution in [0.3, 0.4) is 0 Å². The molecule has 0 fully saturated rings. The van der Waals surface area contributed by atoms with E-state index < -0.39 is 17.4 Å². The Morgan fingerprint density at radius 2 is 1.50 bits per heavy atom. The second-order valence-electron chi connectivity index (χ2n) is 11.0. The molecule has 0 aromatic heterocycles. The van der Waals surface area contributed by atoms with Gasteiger partial charge in [0.1, 0.15) is 6.61 Å². The number of hydrogen-bond donors (Lipinski definition) is 1. The summed E-state index contributed by atoms with van der Waals surface area (Å²) in [6, 6.07) is 26.8. The van der Waals surface area contributed by atoms with Crippen molar-refractivity contribution in [3.8, 4) is 11.1 Å². The highest BCUT2D eigenvalue weighted by Gasteiger charge is 2.41. The van der Waals surface area contributed by atoms with Crippen LogP contribution in [-0.2, 0) is 32.1 Å². The number of nitrogens with zero attached hydrogens (tertiary/aromatic N) is 1. The Balaban J connectivity index is 1.56. The van der Waals surface area contributed by atoms with Crippen molar-refractivity contribution in [2.75, 3.05) is 6.54 Å². The minimum Gasteiger partial charge on any atom is -0.453 e. The predicted molar refractivity (Wildman–Crippen MR) is 157 cm³/mol. The number of esters is 1. The molecule has 0 bridgehead atoms. The summed E-state index contributed by atoms with van der Waals surface area (Å²) in [5.41, 5.74) is 3.75. The van der Waals surface area contributed by atoms with Gasteiger partial charge in [0.05, 0.1) is 0 Å². The number of rotatable bonds is 11. The molecule has 6 nitrogen and oxygen atoms in total. The zero-order valence-electron chi connectivity index (χ0n) is 23.7. The number of amides is 2. The molecule has 0 radical (unpaired) electrons. The molecule has 1 aliphatic heterocycles. The first-order valence-electron chi connectivity index (χ1n) is 14.1. The molecule has 2 amide bonds. The van der Waals surface area contributed by atoms with E-state index in [1.807, 2.05) is 93.6 Å². The maximum Gasteiger partial charge on any atom is 0.410 e. The Morgan fingerprint density at radius 1 is 0.875 bits per heavy atom. The minimum absolute atomic E-state index is 0.143. The monoisotopic (exact) mass is 539 g/mol. The highest BCUT2D eigenvalue weighted by atomic mass is 16.5. The molecule has 1 atom stereocenters. The number of ether oxygens (including phenoxy) is 1. The van der Waals surface area contributed by atoms with Gasteiger partial charge in [-0.05, 0) is 28.7 Å². The molecular weight excluding hydrogens is 500 g/mol. The average Bonchev–Trinajstić information content (AvgIpc) is 3.47. The number of hydrogen-bond acceptors (Lipinski definition) is 4. The van der Waals surface area contributed by atoms with Gasteiger partial charge in [0, 0.05) is 24.7 Å². The summed E-state index contributed by atoms with van der Waals surface area (Å²) < 4.78 is 7.07. The Bertz CT molecular complexity index is 1350. The Morgan fingerprint density at radius 3 is 2.15 bits per heavy atom. The van der Waals surface area contributed by atoms with E-state index in [0.29, 0.717) is 37.9 Å². The fourth-order valence-corrected chi connectivity index (χ4v) is 5.12. The van der Waals surface area contributed by atoms with Gasteiger partial charge >= 0.3 is 11.9 Å². The van der Waals surface area contributed by atoms with Gasteiger partial charge in [0.25, 0.3) is 5.71 Å². The minimum atomic E-state index is -0.804. The fourth-order valence-electron chi connectivity index (χ4n) is 5.12. The fraction of sp³-hybridized carbons (Fsp3) is 0.353. The molecule has 0 saturated carbocycles. The Labute approximate surface area is 237 Å². The van der Waals surface area contributed by atoms with Gasteiger partial charge < -0.3 is 10.1 Å². The molecule has 3 aromatic carbocycles. The van der Waals surface area contributed by atoms with Crippen molar-refractivity contribution in [3.05, 3.63) is 96.1 Å². The van der Waals surface area contributed by atoms with Crippen LogP contribution in [-0.4, -0.2) is 40.7 Å². The van der Waals surface area contributed by atoms with Crippen molar-refractivity contribution in [1.29, 1.82) is 0 Å². The predicted octanol–water partition coefficient (Wildman–Crippen LogP) is 5.72. The maximum atomic E-state index is 13.9. The summed E-state index contributed by atoms with van der Waals surface area (Å²) in [4.78, 5) is 40.3. The largest absolute Gasteiger partial charge is 0.453 e. The first kappa shape index (κ1) is 28.9. The van der Waals surface area contributed by atoms with Gasteiger partial charge in [0.2, 0.25) is 5.91 Å². The van der Waals surface area contributed by atoms with Crippen LogP contribution in [0, 0.1) is 5.41 Å². The lowest BCUT2D eigenvalue weighted by Crippen LogP contribution is -2.51. The smallest absolute Gasteiger partial charge is 0.410 e. The molecule has 0 spiro atoms. The molecule has 208 valence electrons. The van der Waals surface area contributed by atoms with E-state index in [2.05, 4.69) is 17.4 Å². The molecule has 4 rings (SSSR count). The molecule has 40 heavy (non-hydrogen) atoms. The molecule has 1 N–H and O–H groups in total. The van der Waals surface area contributed by atoms with E-state index in [1.165, 1.54) is 4.58 Å². The van der Waals surface area contributed by atoms with Crippen LogP contribution in [0.15, 0.2) is 84.9 Å². The summed E-state index contributed by atoms with van der Waals surface area (Å²) >= 11 is 0. The molecule has 1 heterocycles. The van der Waals surface area contributed by atoms with Crippen LogP contribution >= 0.6 is 0 Å². The molecule has 0 aliphatic carbocycles. The Hall–Kier alpha value is -4.06. The van der Waals surface area contributed by atoms with Crippen molar-refractivity contribution < 1.29 is 23.7 Å². The third-order valence-electron chi connectivity index (χ3n) is 7.43. The second-order valence-corrected chi connectivity index (χ2v) is 11.0. The third kappa shape index (κ3) is 7.32. The van der Waals surface area contributed by atoms with Crippen molar-refractivity contribution in [3.63, 3.8) is 0 Å². The molecule has 3 aromatic rings. The lowest BCUT2D eigenvalue weighted by Gasteiger charge is -2.25. The number of carbonyl (C=O) groups excluding carboxylic acids is 3. The molecular formula is C34H39N2O4+. The van der Waals surface area contributed by atoms with E-state index in [-0.39, 0.29) is 18.4 Å². The summed E-state index contributed by atoms with van der Waals surface area (Å²) in [6.45, 7) is 6.40. The van der Waals surface area contributed by atoms with Crippen molar-refractivity contribution in [2.24, 2.45) is 5.41 Å². The zero-order chi connectivity index (χ0) is 28.5. The molecule has 1 unspecified atom stereocenters. The standard InChI is InChI=1S/C34H38N2O4/c1-4-21-34(2,3)33(39)35-29(23-25-17-19-28(20-18-25)27-14-9-6-10-15-27)31(37)36-22-11-16-30(36)32(38)40-24-26-12-7-5-8-13-26/h5-10,12-15,17-20,29H,4,11,16,21-24H2,1-3H3/p+1. The SMILES string of the molecule is CCCC(C)(C)C(=O)NC(Cc1ccc(-c2ccccc2)cc1)C(=O)[N+]1=C(C(=O)OCc2ccccc2)CCC1. The topological polar surface area (TPSA) is 75.5 Å². The summed E-state index contributed by atoms with van der Waals surface area (Å²) in [7, 11) is 0. The van der Waals surface area contributed by atoms with Crippen LogP contribution in [0.25, 0.3) is 11.1 Å². The quantitative estimate of drug-likeness (QED) is 0.250. The lowest BCUT2D eigenvalue weighted by atomic mass is 9.86. The van der Waals surface area contributed by atoms with Crippen molar-refractivity contribution in [2.45, 2.75) is 65.5 Å². The Kier molecular flexibility index (Phi) is 9.65. The van der Waals surface area contributed by atoms with E-state index in [0.717, 1.165) is 28.7 Å². The lowest BCUT2D eigenvalue weighted by molar-refractivity contribution is -0.442. The number of nitrogens with one attached hydrogen (secondary N) is 1. The zero-order valence-corrected chi connectivity index (χ0v) is 23.7. The third-order valence-corrected chi connectivity index (χ3v) is 7.43. The van der Waals surface area contributed by atoms with E-state index in [1.54, 1.807) is 0 Å². The maximum absolute atomic E-state index is 13.9. The first-order valence-corrected chi connectivity index (χ1v) is 14.1. The van der Waals surface area contributed by atoms with E-state index >= 15 is 0 Å². The first-order chi connectivity index (χ1) is 19.3. The van der Waals surface area contributed by atoms with Crippen molar-refractivity contribution >= 4 is 23.5 Å². The number of carbonyl (C=O) groups is 3. The van der Waals surface area contributed by atoms with E-state index in [9.17, 15) is 14.4 Å². The van der Waals surface area contributed by atoms with Crippen LogP contribution < -0.4 is 5.32 Å². The van der Waals surface area contributed by atoms with E-state index in [4.69, 9.17) is 4.74 Å². The summed E-state index contributed by atoms with van der Waals surface area (Å²) in [5.74, 6) is -0.934. The normalized spacial score (nSPS) is 14.1. The highest BCUT2D eigenvalue weighted by Crippen LogP contribution is 2.24. The highest BCUT2D eigenvalue weighted by molar-refractivity contribution is 6.35. The van der Waals surface area contributed by atoms with Gasteiger partial charge in [0.15, 0.2) is 12.6 Å². The van der Waals surface area contributed by atoms with Crippen molar-refractivity contribution in [1.82, 2.24) is 5.32 Å². The number of benzene rings is 3. The van der Waals surface area contributed by atoms with Gasteiger partial charge in [-0.25, -0.2) is 9.59 Å². The van der Waals surface area contributed by atoms with Gasteiger partial charge in [-0.1, -0.05) is 112 Å². The van der Waals surface area contributed by atoms with Crippen LogP contribution in [0.1, 0.15) is 57.6 Å². The summed E-state index contributed by atoms with van der Waals surface area (Å²) in [6.07, 6.45) is 3.03. The molecule has 6 heteroatoms. The molecule has 0 saturated heterocycles. The molecule has 1 aliphatic rings. The van der Waals surface area contributed by atoms with Gasteiger partial charge in [-0.3, -0.25) is 4.79 Å². The van der Waals surface area contributed by atoms with Crippen LogP contribution in [0.4, 0.5) is 0 Å². The van der Waals surface area contributed by atoms with Gasteiger partial charge in [-0.2, -0.15) is 4.58 Å². The van der Waals surface area contributed by atoms with Crippen LogP contribution in [0.2, 0.25) is 0 Å². The average molecular weight is 540 g/mol. The second kappa shape index (κ2) is 13.3. The summed E-state index contributed by atoms with van der Waals surface area (Å²) in [5, 5.41) is 3.04. The van der Waals surface area contributed by atoms with Gasteiger partial charge in [-0.15, -0.1) is 0 Å². The van der Waals surface area contributed by atoms with Crippen LogP contribution in [0.5, 0.6) is 0 Å².